The molecule has 0 aliphatic rings. The number of amides is 1. The molecule has 1 aromatic rings. The van der Waals surface area contributed by atoms with Crippen molar-refractivity contribution in [3.05, 3.63) is 24.2 Å². The lowest BCUT2D eigenvalue weighted by atomic mass is 10.4. The zero-order chi connectivity index (χ0) is 12.9. The smallest absolute Gasteiger partial charge is 0.235 e. The highest BCUT2D eigenvalue weighted by atomic mass is 32.2. The van der Waals surface area contributed by atoms with Gasteiger partial charge in [-0.15, -0.1) is 0 Å². The molecule has 96 valence electrons. The van der Waals surface area contributed by atoms with Crippen molar-refractivity contribution in [3.63, 3.8) is 0 Å². The van der Waals surface area contributed by atoms with Gasteiger partial charge in [-0.3, -0.25) is 4.79 Å². The maximum atomic E-state index is 11.5. The first-order valence-corrected chi connectivity index (χ1v) is 6.79. The SMILES string of the molecule is CCS(=O)(=O)N(C)CC(=O)NCc1ccco1. The standard InChI is InChI=1S/C10H16N2O4S/c1-3-17(14,15)12(2)8-10(13)11-7-9-5-4-6-16-9/h4-6H,3,7-8H2,1-2H3,(H,11,13). The first-order chi connectivity index (χ1) is 7.95. The van der Waals surface area contributed by atoms with Crippen LogP contribution >= 0.6 is 0 Å². The summed E-state index contributed by atoms with van der Waals surface area (Å²) in [6, 6.07) is 3.45. The number of carbonyl (C=O) groups is 1. The molecule has 6 nitrogen and oxygen atoms in total. The number of hydrogen-bond acceptors (Lipinski definition) is 4. The molecule has 0 aromatic carbocycles. The third kappa shape index (κ3) is 4.20. The van der Waals surface area contributed by atoms with Gasteiger partial charge in [-0.25, -0.2) is 8.42 Å². The van der Waals surface area contributed by atoms with Crippen molar-refractivity contribution >= 4 is 15.9 Å². The van der Waals surface area contributed by atoms with Gasteiger partial charge in [0, 0.05) is 7.05 Å². The second-order valence-electron chi connectivity index (χ2n) is 3.51. The van der Waals surface area contributed by atoms with Crippen molar-refractivity contribution in [2.24, 2.45) is 0 Å². The van der Waals surface area contributed by atoms with Crippen LogP contribution in [0.15, 0.2) is 22.8 Å². The number of rotatable bonds is 6. The van der Waals surface area contributed by atoms with Crippen LogP contribution in [0.5, 0.6) is 0 Å². The van der Waals surface area contributed by atoms with E-state index in [2.05, 4.69) is 5.32 Å². The summed E-state index contributed by atoms with van der Waals surface area (Å²) in [7, 11) is -1.94. The van der Waals surface area contributed by atoms with Gasteiger partial charge < -0.3 is 9.73 Å². The molecule has 0 radical (unpaired) electrons. The molecule has 0 spiro atoms. The molecule has 0 bridgehead atoms. The number of carbonyl (C=O) groups excluding carboxylic acids is 1. The molecule has 0 unspecified atom stereocenters. The molecule has 1 heterocycles. The van der Waals surface area contributed by atoms with E-state index in [1.54, 1.807) is 12.1 Å². The summed E-state index contributed by atoms with van der Waals surface area (Å²) in [4.78, 5) is 11.5. The summed E-state index contributed by atoms with van der Waals surface area (Å²) in [5.41, 5.74) is 0. The Labute approximate surface area is 101 Å². The van der Waals surface area contributed by atoms with Crippen LogP contribution in [0, 0.1) is 0 Å². The van der Waals surface area contributed by atoms with E-state index in [1.807, 2.05) is 0 Å². The van der Waals surface area contributed by atoms with Gasteiger partial charge in [-0.1, -0.05) is 0 Å². The summed E-state index contributed by atoms with van der Waals surface area (Å²) in [5, 5.41) is 2.57. The number of nitrogens with one attached hydrogen (secondary N) is 1. The number of furan rings is 1. The quantitative estimate of drug-likeness (QED) is 0.791. The van der Waals surface area contributed by atoms with E-state index in [9.17, 15) is 13.2 Å². The lowest BCUT2D eigenvalue weighted by Gasteiger charge is -2.15. The van der Waals surface area contributed by atoms with Crippen LogP contribution in [0.4, 0.5) is 0 Å². The lowest BCUT2D eigenvalue weighted by Crippen LogP contribution is -2.38. The van der Waals surface area contributed by atoms with E-state index >= 15 is 0 Å². The molecule has 7 heteroatoms. The van der Waals surface area contributed by atoms with Crippen molar-refractivity contribution in [1.82, 2.24) is 9.62 Å². The van der Waals surface area contributed by atoms with Crippen molar-refractivity contribution in [3.8, 4) is 0 Å². The molecule has 17 heavy (non-hydrogen) atoms. The van der Waals surface area contributed by atoms with Crippen molar-refractivity contribution in [1.29, 1.82) is 0 Å². The van der Waals surface area contributed by atoms with E-state index < -0.39 is 10.0 Å². The molecule has 0 fully saturated rings. The number of sulfonamides is 1. The summed E-state index contributed by atoms with van der Waals surface area (Å²) in [5.74, 6) is 0.245. The lowest BCUT2D eigenvalue weighted by molar-refractivity contribution is -0.121. The first-order valence-electron chi connectivity index (χ1n) is 5.19. The topological polar surface area (TPSA) is 79.6 Å². The molecule has 0 saturated heterocycles. The van der Waals surface area contributed by atoms with Crippen molar-refractivity contribution < 1.29 is 17.6 Å². The summed E-state index contributed by atoms with van der Waals surface area (Å²) in [6.07, 6.45) is 1.51. The predicted octanol–water partition coefficient (Wildman–Crippen LogP) is 0.177. The normalized spacial score (nSPS) is 11.7. The molecule has 1 aromatic heterocycles. The van der Waals surface area contributed by atoms with Gasteiger partial charge in [-0.2, -0.15) is 4.31 Å². The van der Waals surface area contributed by atoms with Crippen LogP contribution in [0.1, 0.15) is 12.7 Å². The van der Waals surface area contributed by atoms with Crippen LogP contribution in [0.25, 0.3) is 0 Å². The van der Waals surface area contributed by atoms with Crippen LogP contribution in [0.3, 0.4) is 0 Å². The average Bonchev–Trinajstić information content (AvgIpc) is 2.79. The van der Waals surface area contributed by atoms with Gasteiger partial charge in [0.1, 0.15) is 5.76 Å². The molecule has 1 amide bonds. The van der Waals surface area contributed by atoms with E-state index in [-0.39, 0.29) is 24.7 Å². The van der Waals surface area contributed by atoms with Crippen molar-refractivity contribution in [2.45, 2.75) is 13.5 Å². The van der Waals surface area contributed by atoms with E-state index in [1.165, 1.54) is 20.2 Å². The number of likely N-dealkylation sites (N-methyl/N-ethyl adjacent to an activating group) is 1. The number of hydrogen-bond donors (Lipinski definition) is 1. The second kappa shape index (κ2) is 5.83. The minimum Gasteiger partial charge on any atom is -0.467 e. The average molecular weight is 260 g/mol. The molecular formula is C10H16N2O4S. The highest BCUT2D eigenvalue weighted by Gasteiger charge is 2.17. The third-order valence-electron chi connectivity index (χ3n) is 2.25. The van der Waals surface area contributed by atoms with Crippen LogP contribution < -0.4 is 5.32 Å². The Balaban J connectivity index is 2.40. The van der Waals surface area contributed by atoms with E-state index in [0.29, 0.717) is 5.76 Å². The predicted molar refractivity (Wildman–Crippen MR) is 62.6 cm³/mol. The molecule has 0 saturated carbocycles. The van der Waals surface area contributed by atoms with Crippen LogP contribution in [-0.2, 0) is 21.4 Å². The first kappa shape index (κ1) is 13.7. The van der Waals surface area contributed by atoms with Gasteiger partial charge in [0.25, 0.3) is 0 Å². The van der Waals surface area contributed by atoms with E-state index in [0.717, 1.165) is 4.31 Å². The minimum absolute atomic E-state index is 0.0189. The Kier molecular flexibility index (Phi) is 4.71. The number of nitrogens with zero attached hydrogens (tertiary/aromatic N) is 1. The van der Waals surface area contributed by atoms with Crippen molar-refractivity contribution in [2.75, 3.05) is 19.3 Å². The summed E-state index contributed by atoms with van der Waals surface area (Å²) < 4.78 is 28.9. The van der Waals surface area contributed by atoms with Gasteiger partial charge in [0.05, 0.1) is 25.1 Å². The van der Waals surface area contributed by atoms with Crippen LogP contribution in [0.2, 0.25) is 0 Å². The summed E-state index contributed by atoms with van der Waals surface area (Å²) >= 11 is 0. The fourth-order valence-electron chi connectivity index (χ4n) is 1.18. The molecule has 0 aliphatic carbocycles. The Morgan fingerprint density at radius 2 is 2.24 bits per heavy atom. The highest BCUT2D eigenvalue weighted by Crippen LogP contribution is 1.99. The van der Waals surface area contributed by atoms with Gasteiger partial charge in [0.2, 0.25) is 15.9 Å². The zero-order valence-electron chi connectivity index (χ0n) is 9.84. The monoisotopic (exact) mass is 260 g/mol. The zero-order valence-corrected chi connectivity index (χ0v) is 10.7. The fraction of sp³-hybridized carbons (Fsp3) is 0.500. The maximum Gasteiger partial charge on any atom is 0.235 e. The Morgan fingerprint density at radius 1 is 1.53 bits per heavy atom. The summed E-state index contributed by atoms with van der Waals surface area (Å²) in [6.45, 7) is 1.61. The molecule has 1 rings (SSSR count). The fourth-order valence-corrected chi connectivity index (χ4v) is 1.93. The Morgan fingerprint density at radius 3 is 2.76 bits per heavy atom. The van der Waals surface area contributed by atoms with Gasteiger partial charge in [-0.05, 0) is 19.1 Å². The Bertz CT molecular complexity index is 453. The Hall–Kier alpha value is -1.34. The molecule has 0 aliphatic heterocycles. The largest absolute Gasteiger partial charge is 0.467 e. The third-order valence-corrected chi connectivity index (χ3v) is 4.05. The molecular weight excluding hydrogens is 244 g/mol. The maximum absolute atomic E-state index is 11.5. The van der Waals surface area contributed by atoms with E-state index in [4.69, 9.17) is 4.42 Å². The second-order valence-corrected chi connectivity index (χ2v) is 5.88. The molecule has 1 N–H and O–H groups in total. The molecule has 0 atom stereocenters. The minimum atomic E-state index is -3.32. The van der Waals surface area contributed by atoms with Crippen LogP contribution in [-0.4, -0.2) is 38.0 Å². The van der Waals surface area contributed by atoms with Gasteiger partial charge in [0.15, 0.2) is 0 Å². The highest BCUT2D eigenvalue weighted by molar-refractivity contribution is 7.89. The van der Waals surface area contributed by atoms with Gasteiger partial charge >= 0.3 is 0 Å².